The Morgan fingerprint density at radius 2 is 1.72 bits per heavy atom. The number of carbonyl (C=O) groups is 1. The third kappa shape index (κ3) is 5.25. The van der Waals surface area contributed by atoms with Crippen molar-refractivity contribution in [2.24, 2.45) is 5.10 Å². The average molecular weight is 577 g/mol. The number of esters is 1. The van der Waals surface area contributed by atoms with Gasteiger partial charge in [0.1, 0.15) is 5.75 Å². The lowest BCUT2D eigenvalue weighted by atomic mass is 9.96. The van der Waals surface area contributed by atoms with Crippen LogP contribution in [0.2, 0.25) is 0 Å². The first kappa shape index (κ1) is 29.5. The van der Waals surface area contributed by atoms with E-state index in [1.165, 1.54) is 11.8 Å². The minimum Gasteiger partial charge on any atom is -0.496 e. The van der Waals surface area contributed by atoms with E-state index in [4.69, 9.17) is 19.6 Å². The molecule has 0 aliphatic heterocycles. The van der Waals surface area contributed by atoms with Crippen molar-refractivity contribution in [1.29, 1.82) is 0 Å². The number of methoxy groups -OCH3 is 2. The van der Waals surface area contributed by atoms with Crippen molar-refractivity contribution in [3.63, 3.8) is 0 Å². The molecule has 220 valence electrons. The molecule has 43 heavy (non-hydrogen) atoms. The number of nitrogens with zero attached hydrogens (tertiary/aromatic N) is 4. The summed E-state index contributed by atoms with van der Waals surface area (Å²) in [5, 5.41) is 5.23. The van der Waals surface area contributed by atoms with Gasteiger partial charge < -0.3 is 14.0 Å². The van der Waals surface area contributed by atoms with Gasteiger partial charge in [-0.3, -0.25) is 4.79 Å². The lowest BCUT2D eigenvalue weighted by Gasteiger charge is -2.17. The molecule has 0 fully saturated rings. The van der Waals surface area contributed by atoms with Crippen LogP contribution in [0.5, 0.6) is 5.75 Å². The number of carbonyl (C=O) groups excluding carboxylic acids is 1. The molecule has 2 heterocycles. The van der Waals surface area contributed by atoms with Gasteiger partial charge in [0.15, 0.2) is 5.82 Å². The number of ether oxygens (including phenoxy) is 2. The Hall–Kier alpha value is -4.98. The van der Waals surface area contributed by atoms with Gasteiger partial charge in [-0.25, -0.2) is 9.78 Å². The Balaban J connectivity index is 1.69. The van der Waals surface area contributed by atoms with E-state index < -0.39 is 0 Å². The van der Waals surface area contributed by atoms with Crippen LogP contribution in [-0.4, -0.2) is 40.6 Å². The molecule has 0 aliphatic carbocycles. The van der Waals surface area contributed by atoms with E-state index in [1.807, 2.05) is 76.2 Å². The molecular formula is C35H36N4O4. The predicted molar refractivity (Wildman–Crippen MR) is 171 cm³/mol. The Bertz CT molecular complexity index is 1960. The van der Waals surface area contributed by atoms with Crippen LogP contribution in [0.1, 0.15) is 63.8 Å². The summed E-state index contributed by atoms with van der Waals surface area (Å²) in [5.74, 6) is 1.07. The summed E-state index contributed by atoms with van der Waals surface area (Å²) in [5.41, 5.74) is 8.01. The van der Waals surface area contributed by atoms with E-state index >= 15 is 0 Å². The van der Waals surface area contributed by atoms with Crippen molar-refractivity contribution < 1.29 is 14.3 Å². The quantitative estimate of drug-likeness (QED) is 0.156. The second kappa shape index (κ2) is 11.7. The van der Waals surface area contributed by atoms with Crippen LogP contribution in [0.25, 0.3) is 28.0 Å². The summed E-state index contributed by atoms with van der Waals surface area (Å²) in [7, 11) is 3.04. The number of fused-ring (bicyclic) bond motifs is 1. The lowest BCUT2D eigenvalue weighted by Crippen LogP contribution is -2.21. The van der Waals surface area contributed by atoms with Crippen molar-refractivity contribution >= 4 is 23.1 Å². The number of hydrogen-bond donors (Lipinski definition) is 0. The summed E-state index contributed by atoms with van der Waals surface area (Å²) < 4.78 is 14.1. The summed E-state index contributed by atoms with van der Waals surface area (Å²) in [6.45, 7) is 12.1. The van der Waals surface area contributed by atoms with Gasteiger partial charge in [0.25, 0.3) is 5.56 Å². The highest BCUT2D eigenvalue weighted by atomic mass is 16.5. The fourth-order valence-corrected chi connectivity index (χ4v) is 5.58. The largest absolute Gasteiger partial charge is 0.496 e. The predicted octanol–water partition coefficient (Wildman–Crippen LogP) is 6.89. The zero-order chi connectivity index (χ0) is 31.0. The van der Waals surface area contributed by atoms with Crippen molar-refractivity contribution in [2.75, 3.05) is 14.2 Å². The number of rotatable bonds is 7. The fourth-order valence-electron chi connectivity index (χ4n) is 5.58. The molecule has 0 amide bonds. The minimum absolute atomic E-state index is 0.199. The standard InChI is InChI=1S/C35H36N4O4/c1-20(2)28-18-29(21(3)16-32(28)42-7)33-37-30-14-10-9-12-27(30)34(40)39(33)36-19-25-17-22(4)38(24(25)6)31-15-11-13-26(23(31)5)35(41)43-8/h9-20H,1-8H3. The molecule has 2 aromatic heterocycles. The third-order valence-corrected chi connectivity index (χ3v) is 7.93. The molecule has 5 aromatic rings. The summed E-state index contributed by atoms with van der Waals surface area (Å²) in [6, 6.07) is 18.9. The van der Waals surface area contributed by atoms with E-state index in [2.05, 4.69) is 18.4 Å². The van der Waals surface area contributed by atoms with Crippen molar-refractivity contribution in [2.45, 2.75) is 47.5 Å². The van der Waals surface area contributed by atoms with E-state index in [9.17, 15) is 9.59 Å². The normalized spacial score (nSPS) is 11.6. The number of aryl methyl sites for hydroxylation is 2. The van der Waals surface area contributed by atoms with Gasteiger partial charge in [-0.2, -0.15) is 9.78 Å². The van der Waals surface area contributed by atoms with Crippen molar-refractivity contribution in [3.05, 3.63) is 110 Å². The van der Waals surface area contributed by atoms with Crippen LogP contribution in [0.15, 0.2) is 70.6 Å². The molecule has 8 heteroatoms. The van der Waals surface area contributed by atoms with Gasteiger partial charge in [0.05, 0.1) is 36.9 Å². The number of benzene rings is 3. The number of para-hydroxylation sites is 1. The highest BCUT2D eigenvalue weighted by Crippen LogP contribution is 2.34. The van der Waals surface area contributed by atoms with Gasteiger partial charge in [-0.15, -0.1) is 0 Å². The monoisotopic (exact) mass is 576 g/mol. The van der Waals surface area contributed by atoms with Crippen LogP contribution < -0.4 is 10.3 Å². The molecule has 8 nitrogen and oxygen atoms in total. The molecule has 0 unspecified atom stereocenters. The lowest BCUT2D eigenvalue weighted by molar-refractivity contribution is 0.0600. The maximum Gasteiger partial charge on any atom is 0.338 e. The summed E-state index contributed by atoms with van der Waals surface area (Å²) >= 11 is 0. The highest BCUT2D eigenvalue weighted by Gasteiger charge is 2.20. The zero-order valence-electron chi connectivity index (χ0n) is 25.9. The van der Waals surface area contributed by atoms with Crippen LogP contribution in [0.3, 0.4) is 0 Å². The van der Waals surface area contributed by atoms with Gasteiger partial charge in [0, 0.05) is 28.2 Å². The van der Waals surface area contributed by atoms with Crippen molar-refractivity contribution in [1.82, 2.24) is 14.2 Å². The third-order valence-electron chi connectivity index (χ3n) is 7.93. The van der Waals surface area contributed by atoms with Gasteiger partial charge >= 0.3 is 5.97 Å². The van der Waals surface area contributed by atoms with E-state index in [0.29, 0.717) is 22.3 Å². The van der Waals surface area contributed by atoms with Gasteiger partial charge in [0.2, 0.25) is 0 Å². The maximum atomic E-state index is 13.9. The fraction of sp³-hybridized carbons (Fsp3) is 0.257. The van der Waals surface area contributed by atoms with Crippen molar-refractivity contribution in [3.8, 4) is 22.8 Å². The molecule has 0 bridgehead atoms. The molecular weight excluding hydrogens is 540 g/mol. The van der Waals surface area contributed by atoms with E-state index in [-0.39, 0.29) is 17.4 Å². The maximum absolute atomic E-state index is 13.9. The summed E-state index contributed by atoms with van der Waals surface area (Å²) in [4.78, 5) is 31.2. The second-order valence-corrected chi connectivity index (χ2v) is 11.0. The first-order valence-electron chi connectivity index (χ1n) is 14.2. The molecule has 0 saturated heterocycles. The SMILES string of the molecule is COC(=O)c1cccc(-n2c(C)cc(C=Nn3c(-c4cc(C(C)C)c(OC)cc4C)nc4ccccc4c3=O)c2C)c1C. The molecule has 3 aromatic carbocycles. The molecule has 0 radical (unpaired) electrons. The Labute approximate surface area is 251 Å². The number of hydrogen-bond acceptors (Lipinski definition) is 6. The Morgan fingerprint density at radius 1 is 0.977 bits per heavy atom. The zero-order valence-corrected chi connectivity index (χ0v) is 25.9. The van der Waals surface area contributed by atoms with E-state index in [1.54, 1.807) is 25.5 Å². The smallest absolute Gasteiger partial charge is 0.338 e. The topological polar surface area (TPSA) is 87.7 Å². The highest BCUT2D eigenvalue weighted by molar-refractivity contribution is 5.92. The minimum atomic E-state index is -0.381. The average Bonchev–Trinajstić information content (AvgIpc) is 3.28. The van der Waals surface area contributed by atoms with Crippen LogP contribution in [0, 0.1) is 27.7 Å². The van der Waals surface area contributed by atoms with Gasteiger partial charge in [-0.1, -0.05) is 32.0 Å². The molecule has 0 N–H and O–H groups in total. The number of aromatic nitrogens is 3. The molecule has 0 aliphatic rings. The Kier molecular flexibility index (Phi) is 8.04. The van der Waals surface area contributed by atoms with Crippen LogP contribution >= 0.6 is 0 Å². The Morgan fingerprint density at radius 3 is 2.42 bits per heavy atom. The van der Waals surface area contributed by atoms with Gasteiger partial charge in [-0.05, 0) is 92.8 Å². The first-order chi connectivity index (χ1) is 20.6. The van der Waals surface area contributed by atoms with E-state index in [0.717, 1.165) is 50.6 Å². The van der Waals surface area contributed by atoms with Crippen LogP contribution in [0.4, 0.5) is 0 Å². The molecule has 5 rings (SSSR count). The molecule has 0 atom stereocenters. The second-order valence-electron chi connectivity index (χ2n) is 11.0. The van der Waals surface area contributed by atoms with Crippen LogP contribution in [-0.2, 0) is 4.74 Å². The molecule has 0 spiro atoms. The first-order valence-corrected chi connectivity index (χ1v) is 14.2. The molecule has 0 saturated carbocycles. The summed E-state index contributed by atoms with van der Waals surface area (Å²) in [6.07, 6.45) is 1.70.